The third-order valence-electron chi connectivity index (χ3n) is 3.90. The normalized spacial score (nSPS) is 27.7. The molecule has 18 heavy (non-hydrogen) atoms. The number of carbonyl (C=O) groups excluding carboxylic acids is 1. The lowest BCUT2D eigenvalue weighted by Gasteiger charge is -2.11. The van der Waals surface area contributed by atoms with Gasteiger partial charge in [-0.3, -0.25) is 4.79 Å². The van der Waals surface area contributed by atoms with Crippen molar-refractivity contribution in [3.05, 3.63) is 34.9 Å². The maximum absolute atomic E-state index is 11.9. The zero-order valence-corrected chi connectivity index (χ0v) is 10.8. The van der Waals surface area contributed by atoms with E-state index in [1.807, 2.05) is 0 Å². The molecule has 0 aromatic heterocycles. The Balaban J connectivity index is 1.67. The van der Waals surface area contributed by atoms with Crippen LogP contribution in [0.3, 0.4) is 0 Å². The van der Waals surface area contributed by atoms with Crippen molar-refractivity contribution in [1.82, 2.24) is 5.43 Å². The lowest BCUT2D eigenvalue weighted by Crippen LogP contribution is -2.21. The van der Waals surface area contributed by atoms with E-state index in [0.717, 1.165) is 12.3 Å². The SMILES string of the molecule is O=C(N/N=C1/C[C@H]2CC[C@H]1C2)c1cccc(Cl)c1. The fraction of sp³-hybridized carbons (Fsp3) is 0.429. The van der Waals surface area contributed by atoms with Crippen LogP contribution in [0.1, 0.15) is 36.0 Å². The average molecular weight is 263 g/mol. The van der Waals surface area contributed by atoms with Crippen molar-refractivity contribution in [3.8, 4) is 0 Å². The van der Waals surface area contributed by atoms with Gasteiger partial charge in [0.25, 0.3) is 5.91 Å². The Labute approximate surface area is 111 Å². The van der Waals surface area contributed by atoms with Crippen LogP contribution in [0.15, 0.2) is 29.4 Å². The predicted molar refractivity (Wildman–Crippen MR) is 71.8 cm³/mol. The van der Waals surface area contributed by atoms with Gasteiger partial charge in [-0.25, -0.2) is 5.43 Å². The van der Waals surface area contributed by atoms with Crippen LogP contribution in [-0.4, -0.2) is 11.6 Å². The minimum absolute atomic E-state index is 0.187. The molecule has 1 aromatic rings. The number of carbonyl (C=O) groups is 1. The molecular formula is C14H15ClN2O. The molecule has 0 radical (unpaired) electrons. The van der Waals surface area contributed by atoms with Crippen molar-refractivity contribution in [2.45, 2.75) is 25.7 Å². The van der Waals surface area contributed by atoms with E-state index in [0.29, 0.717) is 16.5 Å². The van der Waals surface area contributed by atoms with Crippen molar-refractivity contribution in [2.24, 2.45) is 16.9 Å². The van der Waals surface area contributed by atoms with Crippen molar-refractivity contribution in [2.75, 3.05) is 0 Å². The number of hydrogen-bond acceptors (Lipinski definition) is 2. The minimum atomic E-state index is -0.187. The second kappa shape index (κ2) is 4.73. The summed E-state index contributed by atoms with van der Waals surface area (Å²) in [5, 5.41) is 4.85. The van der Waals surface area contributed by atoms with Crippen LogP contribution in [0.5, 0.6) is 0 Å². The molecule has 2 fully saturated rings. The molecule has 3 rings (SSSR count). The lowest BCUT2D eigenvalue weighted by atomic mass is 9.99. The number of hydrazone groups is 1. The molecule has 0 spiro atoms. The van der Waals surface area contributed by atoms with Gasteiger partial charge in [-0.1, -0.05) is 17.7 Å². The van der Waals surface area contributed by atoms with Crippen molar-refractivity contribution >= 4 is 23.2 Å². The lowest BCUT2D eigenvalue weighted by molar-refractivity contribution is 0.0954. The molecule has 2 atom stereocenters. The summed E-state index contributed by atoms with van der Waals surface area (Å²) >= 11 is 5.85. The van der Waals surface area contributed by atoms with Gasteiger partial charge in [0.2, 0.25) is 0 Å². The highest BCUT2D eigenvalue weighted by molar-refractivity contribution is 6.30. The van der Waals surface area contributed by atoms with E-state index in [2.05, 4.69) is 10.5 Å². The first-order chi connectivity index (χ1) is 8.72. The molecule has 2 aliphatic rings. The van der Waals surface area contributed by atoms with Gasteiger partial charge in [-0.2, -0.15) is 5.10 Å². The molecule has 3 nitrogen and oxygen atoms in total. The number of fused-ring (bicyclic) bond motifs is 2. The minimum Gasteiger partial charge on any atom is -0.267 e. The Morgan fingerprint density at radius 3 is 2.94 bits per heavy atom. The Bertz CT molecular complexity index is 512. The Kier molecular flexibility index (Phi) is 3.08. The van der Waals surface area contributed by atoms with E-state index in [9.17, 15) is 4.79 Å². The number of nitrogens with zero attached hydrogens (tertiary/aromatic N) is 1. The fourth-order valence-electron chi connectivity index (χ4n) is 2.98. The predicted octanol–water partition coefficient (Wildman–Crippen LogP) is 3.25. The highest BCUT2D eigenvalue weighted by Crippen LogP contribution is 2.42. The summed E-state index contributed by atoms with van der Waals surface area (Å²) in [5.41, 5.74) is 4.36. The Morgan fingerprint density at radius 2 is 2.28 bits per heavy atom. The van der Waals surface area contributed by atoms with Crippen LogP contribution >= 0.6 is 11.6 Å². The zero-order valence-electron chi connectivity index (χ0n) is 10.0. The number of rotatable bonds is 2. The van der Waals surface area contributed by atoms with Crippen LogP contribution in [-0.2, 0) is 0 Å². The molecule has 4 heteroatoms. The summed E-state index contributed by atoms with van der Waals surface area (Å²) in [4.78, 5) is 11.9. The number of halogens is 1. The monoisotopic (exact) mass is 262 g/mol. The van der Waals surface area contributed by atoms with E-state index in [1.165, 1.54) is 25.0 Å². The smallest absolute Gasteiger partial charge is 0.267 e. The molecule has 2 saturated carbocycles. The van der Waals surface area contributed by atoms with Crippen LogP contribution in [0.25, 0.3) is 0 Å². The highest BCUT2D eigenvalue weighted by Gasteiger charge is 2.36. The Morgan fingerprint density at radius 1 is 1.39 bits per heavy atom. The van der Waals surface area contributed by atoms with E-state index in [4.69, 9.17) is 11.6 Å². The summed E-state index contributed by atoms with van der Waals surface area (Å²) in [5.74, 6) is 1.22. The van der Waals surface area contributed by atoms with Gasteiger partial charge in [-0.15, -0.1) is 0 Å². The van der Waals surface area contributed by atoms with Gasteiger partial charge >= 0.3 is 0 Å². The number of amides is 1. The third-order valence-corrected chi connectivity index (χ3v) is 4.13. The molecule has 0 heterocycles. The Hall–Kier alpha value is -1.35. The first kappa shape index (κ1) is 11.7. The van der Waals surface area contributed by atoms with Crippen LogP contribution in [0.2, 0.25) is 5.02 Å². The van der Waals surface area contributed by atoms with Gasteiger partial charge in [0.15, 0.2) is 0 Å². The standard InChI is InChI=1S/C14H15ClN2O/c15-12-3-1-2-11(8-12)14(18)17-16-13-7-9-4-5-10(13)6-9/h1-3,8-10H,4-7H2,(H,17,18)/b16-13-/t9-,10-/m0/s1. The number of benzene rings is 1. The maximum Gasteiger partial charge on any atom is 0.271 e. The molecular weight excluding hydrogens is 248 g/mol. The molecule has 0 aliphatic heterocycles. The van der Waals surface area contributed by atoms with E-state index < -0.39 is 0 Å². The largest absolute Gasteiger partial charge is 0.271 e. The second-order valence-corrected chi connectivity index (χ2v) is 5.57. The van der Waals surface area contributed by atoms with Crippen LogP contribution in [0, 0.1) is 11.8 Å². The zero-order chi connectivity index (χ0) is 12.5. The van der Waals surface area contributed by atoms with Gasteiger partial charge in [-0.05, 0) is 55.7 Å². The van der Waals surface area contributed by atoms with Crippen molar-refractivity contribution in [1.29, 1.82) is 0 Å². The van der Waals surface area contributed by atoms with Gasteiger partial charge in [0.1, 0.15) is 0 Å². The maximum atomic E-state index is 11.9. The van der Waals surface area contributed by atoms with Crippen molar-refractivity contribution in [3.63, 3.8) is 0 Å². The summed E-state index contributed by atoms with van der Waals surface area (Å²) in [6.07, 6.45) is 4.87. The third kappa shape index (κ3) is 2.27. The molecule has 0 unspecified atom stereocenters. The molecule has 94 valence electrons. The average Bonchev–Trinajstić information content (AvgIpc) is 2.98. The summed E-state index contributed by atoms with van der Waals surface area (Å²) in [7, 11) is 0. The molecule has 2 aliphatic carbocycles. The van der Waals surface area contributed by atoms with Gasteiger partial charge in [0, 0.05) is 16.3 Å². The van der Waals surface area contributed by atoms with Crippen molar-refractivity contribution < 1.29 is 4.79 Å². The molecule has 1 amide bonds. The van der Waals surface area contributed by atoms with Crippen LogP contribution in [0.4, 0.5) is 0 Å². The molecule has 1 N–H and O–H groups in total. The van der Waals surface area contributed by atoms with E-state index in [1.54, 1.807) is 24.3 Å². The highest BCUT2D eigenvalue weighted by atomic mass is 35.5. The number of hydrogen-bond donors (Lipinski definition) is 1. The molecule has 2 bridgehead atoms. The number of nitrogens with one attached hydrogen (secondary N) is 1. The quantitative estimate of drug-likeness (QED) is 0.817. The first-order valence-electron chi connectivity index (χ1n) is 6.35. The molecule has 0 saturated heterocycles. The molecule has 1 aromatic carbocycles. The van der Waals surface area contributed by atoms with Crippen LogP contribution < -0.4 is 5.43 Å². The fourth-order valence-corrected chi connectivity index (χ4v) is 3.17. The second-order valence-electron chi connectivity index (χ2n) is 5.13. The van der Waals surface area contributed by atoms with E-state index in [-0.39, 0.29) is 5.91 Å². The summed E-state index contributed by atoms with van der Waals surface area (Å²) in [6.45, 7) is 0. The first-order valence-corrected chi connectivity index (χ1v) is 6.72. The van der Waals surface area contributed by atoms with E-state index >= 15 is 0 Å². The van der Waals surface area contributed by atoms with Gasteiger partial charge in [0.05, 0.1) is 0 Å². The summed E-state index contributed by atoms with van der Waals surface area (Å²) < 4.78 is 0. The van der Waals surface area contributed by atoms with Gasteiger partial charge < -0.3 is 0 Å². The topological polar surface area (TPSA) is 41.5 Å². The summed E-state index contributed by atoms with van der Waals surface area (Å²) in [6, 6.07) is 6.90.